The van der Waals surface area contributed by atoms with E-state index in [0.717, 1.165) is 4.47 Å². The maximum atomic E-state index is 5.01. The van der Waals surface area contributed by atoms with Crippen molar-refractivity contribution in [2.75, 3.05) is 0 Å². The van der Waals surface area contributed by atoms with Gasteiger partial charge in [0.05, 0.1) is 10.7 Å². The van der Waals surface area contributed by atoms with Crippen LogP contribution in [0.25, 0.3) is 11.3 Å². The molecule has 0 radical (unpaired) electrons. The summed E-state index contributed by atoms with van der Waals surface area (Å²) in [5.41, 5.74) is 2.42. The first kappa shape index (κ1) is 15.2. The van der Waals surface area contributed by atoms with Crippen molar-refractivity contribution in [2.45, 2.75) is 57.8 Å². The van der Waals surface area contributed by atoms with Crippen LogP contribution in [0.15, 0.2) is 28.7 Å². The van der Waals surface area contributed by atoms with E-state index in [9.17, 15) is 0 Å². The highest BCUT2D eigenvalue weighted by Crippen LogP contribution is 2.37. The van der Waals surface area contributed by atoms with Gasteiger partial charge in [-0.3, -0.25) is 0 Å². The van der Waals surface area contributed by atoms with Crippen molar-refractivity contribution in [3.05, 3.63) is 38.6 Å². The van der Waals surface area contributed by atoms with Gasteiger partial charge in [0.15, 0.2) is 0 Å². The molecule has 112 valence electrons. The SMILES string of the molecule is Cc1sc(C2CCCCCCC2)nc1-c1ccc(Br)cc1. The molecule has 1 nitrogen and oxygen atoms in total. The van der Waals surface area contributed by atoms with Gasteiger partial charge >= 0.3 is 0 Å². The zero-order valence-electron chi connectivity index (χ0n) is 12.6. The Bertz CT molecular complexity index is 580. The summed E-state index contributed by atoms with van der Waals surface area (Å²) in [6.07, 6.45) is 9.63. The molecule has 0 saturated heterocycles. The second-order valence-corrected chi connectivity index (χ2v) is 8.16. The predicted octanol–water partition coefficient (Wildman–Crippen LogP) is 6.71. The van der Waals surface area contributed by atoms with Crippen LogP contribution in [-0.4, -0.2) is 4.98 Å². The van der Waals surface area contributed by atoms with Crippen LogP contribution in [-0.2, 0) is 0 Å². The molecule has 3 rings (SSSR count). The third-order valence-corrected chi connectivity index (χ3v) is 6.05. The first-order valence-electron chi connectivity index (χ1n) is 7.97. The van der Waals surface area contributed by atoms with Crippen molar-refractivity contribution in [2.24, 2.45) is 0 Å². The fraction of sp³-hybridized carbons (Fsp3) is 0.500. The van der Waals surface area contributed by atoms with Crippen LogP contribution in [0.2, 0.25) is 0 Å². The molecule has 0 N–H and O–H groups in total. The van der Waals surface area contributed by atoms with Crippen LogP contribution in [0.3, 0.4) is 0 Å². The van der Waals surface area contributed by atoms with Gasteiger partial charge < -0.3 is 0 Å². The Balaban J connectivity index is 1.84. The van der Waals surface area contributed by atoms with Crippen molar-refractivity contribution < 1.29 is 0 Å². The van der Waals surface area contributed by atoms with Crippen LogP contribution in [0.5, 0.6) is 0 Å². The molecular weight excluding hydrogens is 342 g/mol. The monoisotopic (exact) mass is 363 g/mol. The highest BCUT2D eigenvalue weighted by atomic mass is 79.9. The molecule has 1 fully saturated rings. The molecule has 0 bridgehead atoms. The van der Waals surface area contributed by atoms with Gasteiger partial charge in [-0.05, 0) is 31.9 Å². The van der Waals surface area contributed by atoms with Gasteiger partial charge in [0.2, 0.25) is 0 Å². The maximum absolute atomic E-state index is 5.01. The van der Waals surface area contributed by atoms with E-state index >= 15 is 0 Å². The Labute approximate surface area is 139 Å². The first-order chi connectivity index (χ1) is 10.2. The summed E-state index contributed by atoms with van der Waals surface area (Å²) in [7, 11) is 0. The van der Waals surface area contributed by atoms with Crippen molar-refractivity contribution >= 4 is 27.3 Å². The Morgan fingerprint density at radius 3 is 2.29 bits per heavy atom. The molecule has 1 aliphatic rings. The van der Waals surface area contributed by atoms with Gasteiger partial charge in [-0.1, -0.05) is 60.2 Å². The fourth-order valence-electron chi connectivity index (χ4n) is 3.17. The third kappa shape index (κ3) is 3.75. The highest BCUT2D eigenvalue weighted by Gasteiger charge is 2.19. The number of hydrogen-bond donors (Lipinski definition) is 0. The number of thiazole rings is 1. The smallest absolute Gasteiger partial charge is 0.0966 e. The van der Waals surface area contributed by atoms with Gasteiger partial charge in [0, 0.05) is 20.8 Å². The summed E-state index contributed by atoms with van der Waals surface area (Å²) in [5.74, 6) is 0.693. The lowest BCUT2D eigenvalue weighted by Gasteiger charge is -2.17. The minimum Gasteiger partial charge on any atom is -0.241 e. The molecule has 0 unspecified atom stereocenters. The lowest BCUT2D eigenvalue weighted by atomic mass is 9.92. The van der Waals surface area contributed by atoms with Crippen molar-refractivity contribution in [1.29, 1.82) is 0 Å². The number of aromatic nitrogens is 1. The maximum Gasteiger partial charge on any atom is 0.0966 e. The second-order valence-electron chi connectivity index (χ2n) is 6.01. The zero-order valence-corrected chi connectivity index (χ0v) is 15.0. The van der Waals surface area contributed by atoms with Crippen molar-refractivity contribution in [3.8, 4) is 11.3 Å². The van der Waals surface area contributed by atoms with E-state index in [1.54, 1.807) is 0 Å². The number of nitrogens with zero attached hydrogens (tertiary/aromatic N) is 1. The average molecular weight is 364 g/mol. The normalized spacial score (nSPS) is 17.4. The van der Waals surface area contributed by atoms with Crippen molar-refractivity contribution in [1.82, 2.24) is 4.98 Å². The number of halogens is 1. The molecule has 0 spiro atoms. The number of aryl methyl sites for hydroxylation is 1. The lowest BCUT2D eigenvalue weighted by Crippen LogP contribution is -2.01. The molecule has 3 heteroatoms. The van der Waals surface area contributed by atoms with Crippen LogP contribution in [0, 0.1) is 6.92 Å². The molecule has 2 aromatic rings. The molecular formula is C18H22BrNS. The fourth-order valence-corrected chi connectivity index (χ4v) is 4.55. The third-order valence-electron chi connectivity index (χ3n) is 4.39. The van der Waals surface area contributed by atoms with E-state index < -0.39 is 0 Å². The Hall–Kier alpha value is -0.670. The van der Waals surface area contributed by atoms with E-state index in [1.165, 1.54) is 66.1 Å². The number of benzene rings is 1. The van der Waals surface area contributed by atoms with E-state index in [0.29, 0.717) is 5.92 Å². The van der Waals surface area contributed by atoms with Gasteiger partial charge in [-0.15, -0.1) is 11.3 Å². The molecule has 0 aliphatic heterocycles. The Morgan fingerprint density at radius 2 is 1.62 bits per heavy atom. The quantitative estimate of drug-likeness (QED) is 0.577. The van der Waals surface area contributed by atoms with Crippen LogP contribution < -0.4 is 0 Å². The lowest BCUT2D eigenvalue weighted by molar-refractivity contribution is 0.454. The summed E-state index contributed by atoms with van der Waals surface area (Å²) < 4.78 is 1.12. The highest BCUT2D eigenvalue weighted by molar-refractivity contribution is 9.10. The van der Waals surface area contributed by atoms with Crippen LogP contribution >= 0.6 is 27.3 Å². The van der Waals surface area contributed by atoms with Gasteiger partial charge in [-0.2, -0.15) is 0 Å². The molecule has 21 heavy (non-hydrogen) atoms. The van der Waals surface area contributed by atoms with E-state index in [2.05, 4.69) is 47.1 Å². The van der Waals surface area contributed by atoms with Gasteiger partial charge in [0.1, 0.15) is 0 Å². The molecule has 0 atom stereocenters. The van der Waals surface area contributed by atoms with Crippen LogP contribution in [0.1, 0.15) is 60.7 Å². The number of hydrogen-bond acceptors (Lipinski definition) is 2. The van der Waals surface area contributed by atoms with Gasteiger partial charge in [0.25, 0.3) is 0 Å². The molecule has 1 aliphatic carbocycles. The minimum absolute atomic E-state index is 0.693. The molecule has 1 saturated carbocycles. The summed E-state index contributed by atoms with van der Waals surface area (Å²) >= 11 is 5.42. The minimum atomic E-state index is 0.693. The first-order valence-corrected chi connectivity index (χ1v) is 9.58. The largest absolute Gasteiger partial charge is 0.241 e. The molecule has 1 aromatic heterocycles. The van der Waals surface area contributed by atoms with Crippen molar-refractivity contribution in [3.63, 3.8) is 0 Å². The average Bonchev–Trinajstić information content (AvgIpc) is 2.81. The van der Waals surface area contributed by atoms with E-state index in [4.69, 9.17) is 4.98 Å². The summed E-state index contributed by atoms with van der Waals surface area (Å²) in [6.45, 7) is 2.21. The summed E-state index contributed by atoms with van der Waals surface area (Å²) in [5, 5.41) is 1.37. The van der Waals surface area contributed by atoms with Crippen LogP contribution in [0.4, 0.5) is 0 Å². The zero-order chi connectivity index (χ0) is 14.7. The molecule has 0 amide bonds. The molecule has 1 aromatic carbocycles. The van der Waals surface area contributed by atoms with Gasteiger partial charge in [-0.25, -0.2) is 4.98 Å². The Morgan fingerprint density at radius 1 is 1.00 bits per heavy atom. The Kier molecular flexibility index (Phi) is 5.12. The predicted molar refractivity (Wildman–Crippen MR) is 95.0 cm³/mol. The standard InChI is InChI=1S/C18H22BrNS/c1-13-17(14-9-11-16(19)12-10-14)20-18(21-13)15-7-5-3-2-4-6-8-15/h9-12,15H,2-8H2,1H3. The van der Waals surface area contributed by atoms with E-state index in [1.807, 2.05) is 11.3 Å². The summed E-state index contributed by atoms with van der Waals surface area (Å²) in [6, 6.07) is 8.52. The molecule has 1 heterocycles. The second kappa shape index (κ2) is 7.06. The number of rotatable bonds is 2. The summed E-state index contributed by atoms with van der Waals surface area (Å²) in [4.78, 5) is 6.36. The van der Waals surface area contributed by atoms with E-state index in [-0.39, 0.29) is 0 Å². The topological polar surface area (TPSA) is 12.9 Å².